The molecule has 0 heterocycles. The van der Waals surface area contributed by atoms with Gasteiger partial charge in [0.2, 0.25) is 0 Å². The molecule has 13 heavy (non-hydrogen) atoms. The fourth-order valence-electron chi connectivity index (χ4n) is 0.557. The van der Waals surface area contributed by atoms with Gasteiger partial charge in [0.1, 0.15) is 0 Å². The molecule has 0 saturated heterocycles. The molecule has 0 amide bonds. The number of rotatable bonds is 3. The molecule has 0 bridgehead atoms. The lowest BCUT2D eigenvalue weighted by Gasteiger charge is -1.96. The SMILES string of the molecule is C=C/C=C(Br)\C(=C/C)C(=O)O.CC. The molecule has 1 N–H and O–H groups in total. The molecule has 74 valence electrons. The average Bonchev–Trinajstić information content (AvgIpc) is 2.09. The Hall–Kier alpha value is -0.830. The van der Waals surface area contributed by atoms with Crippen LogP contribution < -0.4 is 0 Å². The molecule has 0 unspecified atom stereocenters. The molecule has 0 aromatic rings. The van der Waals surface area contributed by atoms with Crippen LogP contribution >= 0.6 is 15.9 Å². The minimum Gasteiger partial charge on any atom is -0.478 e. The van der Waals surface area contributed by atoms with Crippen molar-refractivity contribution in [3.05, 3.63) is 34.9 Å². The van der Waals surface area contributed by atoms with Crippen molar-refractivity contribution in [2.75, 3.05) is 0 Å². The summed E-state index contributed by atoms with van der Waals surface area (Å²) >= 11 is 3.11. The van der Waals surface area contributed by atoms with Crippen molar-refractivity contribution in [1.82, 2.24) is 0 Å². The summed E-state index contributed by atoms with van der Waals surface area (Å²) in [6.45, 7) is 9.12. The van der Waals surface area contributed by atoms with E-state index in [0.717, 1.165) is 0 Å². The molecule has 0 spiro atoms. The normalized spacial score (nSPS) is 11.4. The fourth-order valence-corrected chi connectivity index (χ4v) is 1.14. The second-order valence-electron chi connectivity index (χ2n) is 1.76. The quantitative estimate of drug-likeness (QED) is 0.612. The van der Waals surface area contributed by atoms with Gasteiger partial charge in [-0.2, -0.15) is 0 Å². The van der Waals surface area contributed by atoms with Crippen LogP contribution in [0.15, 0.2) is 34.9 Å². The fraction of sp³-hybridized carbons (Fsp3) is 0.300. The summed E-state index contributed by atoms with van der Waals surface area (Å²) in [7, 11) is 0. The summed E-state index contributed by atoms with van der Waals surface area (Å²) in [5, 5.41) is 8.60. The van der Waals surface area contributed by atoms with Crippen molar-refractivity contribution in [3.63, 3.8) is 0 Å². The first kappa shape index (κ1) is 14.7. The van der Waals surface area contributed by atoms with Gasteiger partial charge in [-0.25, -0.2) is 4.79 Å². The Morgan fingerprint density at radius 3 is 2.15 bits per heavy atom. The average molecular weight is 247 g/mol. The van der Waals surface area contributed by atoms with Crippen LogP contribution in [0.1, 0.15) is 20.8 Å². The molecule has 0 aromatic carbocycles. The van der Waals surface area contributed by atoms with E-state index in [9.17, 15) is 4.79 Å². The molecule has 0 atom stereocenters. The number of allylic oxidation sites excluding steroid dienone is 3. The lowest BCUT2D eigenvalue weighted by Crippen LogP contribution is -1.99. The molecule has 0 rings (SSSR count). The Balaban J connectivity index is 0. The van der Waals surface area contributed by atoms with E-state index in [-0.39, 0.29) is 5.57 Å². The lowest BCUT2D eigenvalue weighted by molar-refractivity contribution is -0.132. The lowest BCUT2D eigenvalue weighted by atomic mass is 10.2. The van der Waals surface area contributed by atoms with E-state index in [1.165, 1.54) is 12.2 Å². The number of hydrogen-bond donors (Lipinski definition) is 1. The zero-order valence-corrected chi connectivity index (χ0v) is 9.76. The van der Waals surface area contributed by atoms with Gasteiger partial charge < -0.3 is 5.11 Å². The molecule has 3 heteroatoms. The zero-order valence-electron chi connectivity index (χ0n) is 8.17. The summed E-state index contributed by atoms with van der Waals surface area (Å²) in [6.07, 6.45) is 4.63. The van der Waals surface area contributed by atoms with E-state index in [1.807, 2.05) is 13.8 Å². The van der Waals surface area contributed by atoms with E-state index in [1.54, 1.807) is 13.0 Å². The Morgan fingerprint density at radius 2 is 1.92 bits per heavy atom. The third kappa shape index (κ3) is 6.34. The monoisotopic (exact) mass is 246 g/mol. The van der Waals surface area contributed by atoms with Gasteiger partial charge in [-0.3, -0.25) is 0 Å². The summed E-state index contributed by atoms with van der Waals surface area (Å²) in [5.74, 6) is -0.947. The van der Waals surface area contributed by atoms with Crippen LogP contribution in [0.2, 0.25) is 0 Å². The third-order valence-electron chi connectivity index (χ3n) is 1.04. The number of carbonyl (C=O) groups is 1. The van der Waals surface area contributed by atoms with Crippen molar-refractivity contribution in [2.24, 2.45) is 0 Å². The molecule has 0 aliphatic carbocycles. The van der Waals surface area contributed by atoms with Gasteiger partial charge in [-0.05, 0) is 28.9 Å². The maximum atomic E-state index is 10.5. The van der Waals surface area contributed by atoms with Crippen LogP contribution in [-0.4, -0.2) is 11.1 Å². The van der Waals surface area contributed by atoms with Crippen molar-refractivity contribution in [3.8, 4) is 0 Å². The molecule has 0 fully saturated rings. The van der Waals surface area contributed by atoms with E-state index in [2.05, 4.69) is 22.5 Å². The minimum absolute atomic E-state index is 0.241. The molecule has 0 aromatic heterocycles. The number of hydrogen-bond acceptors (Lipinski definition) is 1. The zero-order chi connectivity index (χ0) is 10.9. The van der Waals surface area contributed by atoms with Crippen LogP contribution in [0.25, 0.3) is 0 Å². The molecule has 0 aliphatic heterocycles. The van der Waals surface area contributed by atoms with E-state index < -0.39 is 5.97 Å². The number of halogens is 1. The first-order chi connectivity index (χ1) is 6.13. The highest BCUT2D eigenvalue weighted by molar-refractivity contribution is 9.12. The second-order valence-corrected chi connectivity index (χ2v) is 2.61. The van der Waals surface area contributed by atoms with E-state index >= 15 is 0 Å². The summed E-state index contributed by atoms with van der Waals surface area (Å²) in [6, 6.07) is 0. The highest BCUT2D eigenvalue weighted by Crippen LogP contribution is 2.16. The van der Waals surface area contributed by atoms with Gasteiger partial charge in [0.05, 0.1) is 5.57 Å². The van der Waals surface area contributed by atoms with Crippen molar-refractivity contribution in [1.29, 1.82) is 0 Å². The van der Waals surface area contributed by atoms with Crippen molar-refractivity contribution < 1.29 is 9.90 Å². The first-order valence-corrected chi connectivity index (χ1v) is 4.81. The predicted octanol–water partition coefficient (Wildman–Crippen LogP) is 3.51. The van der Waals surface area contributed by atoms with Crippen molar-refractivity contribution >= 4 is 21.9 Å². The summed E-state index contributed by atoms with van der Waals surface area (Å²) in [5.41, 5.74) is 0.241. The largest absolute Gasteiger partial charge is 0.478 e. The molecular weight excluding hydrogens is 232 g/mol. The number of carboxylic acids is 1. The van der Waals surface area contributed by atoms with Crippen LogP contribution in [0.5, 0.6) is 0 Å². The van der Waals surface area contributed by atoms with Gasteiger partial charge >= 0.3 is 5.97 Å². The maximum Gasteiger partial charge on any atom is 0.336 e. The second kappa shape index (κ2) is 9.26. The summed E-state index contributed by atoms with van der Waals surface area (Å²) < 4.78 is 0.530. The molecule has 2 nitrogen and oxygen atoms in total. The highest BCUT2D eigenvalue weighted by Gasteiger charge is 2.07. The van der Waals surface area contributed by atoms with E-state index in [0.29, 0.717) is 4.48 Å². The smallest absolute Gasteiger partial charge is 0.336 e. The van der Waals surface area contributed by atoms with E-state index in [4.69, 9.17) is 5.11 Å². The maximum absolute atomic E-state index is 10.5. The van der Waals surface area contributed by atoms with Gasteiger partial charge in [-0.1, -0.05) is 32.6 Å². The highest BCUT2D eigenvalue weighted by atomic mass is 79.9. The van der Waals surface area contributed by atoms with Crippen LogP contribution in [0.3, 0.4) is 0 Å². The van der Waals surface area contributed by atoms with Crippen molar-refractivity contribution in [2.45, 2.75) is 20.8 Å². The minimum atomic E-state index is -0.947. The molecular formula is C10H15BrO2. The standard InChI is InChI=1S/C8H9BrO2.C2H6/c1-3-5-7(9)6(4-2)8(10)11;1-2/h3-5H,1H2,2H3,(H,10,11);1-2H3/b6-4+,7-5+;. The molecule has 0 saturated carbocycles. The first-order valence-electron chi connectivity index (χ1n) is 4.01. The number of carboxylic acid groups (broad SMARTS) is 1. The van der Waals surface area contributed by atoms with Gasteiger partial charge in [-0.15, -0.1) is 0 Å². The Bertz CT molecular complexity index is 227. The third-order valence-corrected chi connectivity index (χ3v) is 1.73. The summed E-state index contributed by atoms with van der Waals surface area (Å²) in [4.78, 5) is 10.5. The van der Waals surface area contributed by atoms with Gasteiger partial charge in [0.15, 0.2) is 0 Å². The van der Waals surface area contributed by atoms with Gasteiger partial charge in [0.25, 0.3) is 0 Å². The van der Waals surface area contributed by atoms with Gasteiger partial charge in [0, 0.05) is 4.48 Å². The predicted molar refractivity (Wildman–Crippen MR) is 59.9 cm³/mol. The van der Waals surface area contributed by atoms with Crippen LogP contribution in [0, 0.1) is 0 Å². The molecule has 0 aliphatic rings. The Labute approximate surface area is 87.8 Å². The number of aliphatic carboxylic acids is 1. The molecule has 0 radical (unpaired) electrons. The van der Waals surface area contributed by atoms with Crippen LogP contribution in [-0.2, 0) is 4.79 Å². The van der Waals surface area contributed by atoms with Crippen LogP contribution in [0.4, 0.5) is 0 Å². The topological polar surface area (TPSA) is 37.3 Å². The Kier molecular flexibility index (Phi) is 10.5. The Morgan fingerprint density at radius 1 is 1.46 bits per heavy atom.